The number of amides is 1. The van der Waals surface area contributed by atoms with E-state index in [1.165, 1.54) is 0 Å². The number of ether oxygens (including phenoxy) is 1. The largest absolute Gasteiger partial charge is 0.379 e. The lowest BCUT2D eigenvalue weighted by molar-refractivity contribution is -0.123. The van der Waals surface area contributed by atoms with Gasteiger partial charge in [-0.15, -0.1) is 0 Å². The third-order valence-corrected chi connectivity index (χ3v) is 3.25. The zero-order chi connectivity index (χ0) is 17.2. The van der Waals surface area contributed by atoms with Crippen LogP contribution in [-0.4, -0.2) is 51.3 Å². The van der Waals surface area contributed by atoms with Crippen molar-refractivity contribution in [2.45, 2.75) is 47.6 Å². The second-order valence-corrected chi connectivity index (χ2v) is 6.68. The molecule has 0 aromatic rings. The highest BCUT2D eigenvalue weighted by Gasteiger charge is 2.24. The Balaban J connectivity index is 4.35. The molecule has 0 aromatic heterocycles. The highest BCUT2D eigenvalue weighted by Crippen LogP contribution is 2.21. The van der Waals surface area contributed by atoms with Crippen molar-refractivity contribution < 1.29 is 9.53 Å². The first-order valence-electron chi connectivity index (χ1n) is 8.05. The SMILES string of the molecule is CCNC(=NCC(OC)C(C)(C)C)NCCNC(=O)C(C)C. The summed E-state index contributed by atoms with van der Waals surface area (Å²) in [6.07, 6.45) is 0.0589. The third-order valence-electron chi connectivity index (χ3n) is 3.25. The molecule has 0 rings (SSSR count). The van der Waals surface area contributed by atoms with Crippen LogP contribution in [0.5, 0.6) is 0 Å². The molecule has 0 aliphatic heterocycles. The van der Waals surface area contributed by atoms with Gasteiger partial charge in [0.2, 0.25) is 5.91 Å². The summed E-state index contributed by atoms with van der Waals surface area (Å²) >= 11 is 0. The van der Waals surface area contributed by atoms with Gasteiger partial charge in [0.05, 0.1) is 12.6 Å². The lowest BCUT2D eigenvalue weighted by Crippen LogP contribution is -2.43. The minimum Gasteiger partial charge on any atom is -0.379 e. The van der Waals surface area contributed by atoms with Crippen LogP contribution in [0.15, 0.2) is 4.99 Å². The molecule has 0 fully saturated rings. The van der Waals surface area contributed by atoms with E-state index < -0.39 is 0 Å². The summed E-state index contributed by atoms with van der Waals surface area (Å²) in [5.74, 6) is 0.819. The minimum absolute atomic E-state index is 0.0103. The predicted octanol–water partition coefficient (Wildman–Crippen LogP) is 1.37. The number of hydrogen-bond donors (Lipinski definition) is 3. The number of guanidine groups is 1. The van der Waals surface area contributed by atoms with Crippen molar-refractivity contribution in [2.75, 3.05) is 33.3 Å². The van der Waals surface area contributed by atoms with Crippen molar-refractivity contribution in [1.29, 1.82) is 0 Å². The van der Waals surface area contributed by atoms with Crippen LogP contribution in [-0.2, 0) is 9.53 Å². The molecule has 22 heavy (non-hydrogen) atoms. The van der Waals surface area contributed by atoms with Crippen LogP contribution in [0, 0.1) is 11.3 Å². The Morgan fingerprint density at radius 1 is 1.14 bits per heavy atom. The number of rotatable bonds is 8. The molecule has 3 N–H and O–H groups in total. The molecule has 0 aliphatic carbocycles. The molecular weight excluding hydrogens is 280 g/mol. The second-order valence-electron chi connectivity index (χ2n) is 6.68. The van der Waals surface area contributed by atoms with Crippen LogP contribution in [0.2, 0.25) is 0 Å². The topological polar surface area (TPSA) is 74.8 Å². The molecule has 0 aliphatic rings. The summed E-state index contributed by atoms with van der Waals surface area (Å²) in [5.41, 5.74) is 0.0425. The number of carbonyl (C=O) groups excluding carboxylic acids is 1. The van der Waals surface area contributed by atoms with Gasteiger partial charge in [-0.25, -0.2) is 0 Å². The Hall–Kier alpha value is -1.30. The Kier molecular flexibility index (Phi) is 9.81. The van der Waals surface area contributed by atoms with Crippen molar-refractivity contribution in [1.82, 2.24) is 16.0 Å². The van der Waals surface area contributed by atoms with Crippen LogP contribution in [0.4, 0.5) is 0 Å². The van der Waals surface area contributed by atoms with E-state index >= 15 is 0 Å². The number of aliphatic imine (C=N–C) groups is 1. The predicted molar refractivity (Wildman–Crippen MR) is 92.1 cm³/mol. The van der Waals surface area contributed by atoms with Gasteiger partial charge in [-0.2, -0.15) is 0 Å². The fraction of sp³-hybridized carbons (Fsp3) is 0.875. The van der Waals surface area contributed by atoms with Gasteiger partial charge in [0, 0.05) is 32.7 Å². The van der Waals surface area contributed by atoms with Crippen LogP contribution in [0.3, 0.4) is 0 Å². The van der Waals surface area contributed by atoms with Crippen molar-refractivity contribution in [3.63, 3.8) is 0 Å². The maximum absolute atomic E-state index is 11.5. The molecule has 0 spiro atoms. The third kappa shape index (κ3) is 8.87. The summed E-state index contributed by atoms with van der Waals surface area (Å²) in [6.45, 7) is 14.8. The highest BCUT2D eigenvalue weighted by molar-refractivity contribution is 5.80. The molecule has 130 valence electrons. The molecule has 0 bridgehead atoms. The van der Waals surface area contributed by atoms with E-state index in [1.807, 2.05) is 20.8 Å². The number of hydrogen-bond acceptors (Lipinski definition) is 3. The zero-order valence-electron chi connectivity index (χ0n) is 15.2. The van der Waals surface area contributed by atoms with Crippen LogP contribution in [0.1, 0.15) is 41.5 Å². The molecule has 1 unspecified atom stereocenters. The molecule has 0 saturated carbocycles. The molecule has 1 amide bonds. The zero-order valence-corrected chi connectivity index (χ0v) is 15.2. The molecule has 6 heteroatoms. The summed E-state index contributed by atoms with van der Waals surface area (Å²) in [4.78, 5) is 16.0. The van der Waals surface area contributed by atoms with Gasteiger partial charge in [0.15, 0.2) is 5.96 Å². The lowest BCUT2D eigenvalue weighted by atomic mass is 9.89. The van der Waals surface area contributed by atoms with E-state index in [4.69, 9.17) is 4.74 Å². The van der Waals surface area contributed by atoms with Gasteiger partial charge in [-0.1, -0.05) is 34.6 Å². The lowest BCUT2D eigenvalue weighted by Gasteiger charge is -2.28. The van der Waals surface area contributed by atoms with E-state index in [0.29, 0.717) is 19.6 Å². The average Bonchev–Trinajstić information content (AvgIpc) is 2.41. The average molecular weight is 314 g/mol. The van der Waals surface area contributed by atoms with Gasteiger partial charge >= 0.3 is 0 Å². The smallest absolute Gasteiger partial charge is 0.222 e. The van der Waals surface area contributed by atoms with E-state index in [-0.39, 0.29) is 23.3 Å². The summed E-state index contributed by atoms with van der Waals surface area (Å²) in [7, 11) is 1.72. The van der Waals surface area contributed by atoms with Crippen LogP contribution >= 0.6 is 0 Å². The molecule has 1 atom stereocenters. The van der Waals surface area contributed by atoms with E-state index in [1.54, 1.807) is 7.11 Å². The Morgan fingerprint density at radius 2 is 1.73 bits per heavy atom. The van der Waals surface area contributed by atoms with E-state index in [0.717, 1.165) is 12.5 Å². The summed E-state index contributed by atoms with van der Waals surface area (Å²) in [5, 5.41) is 9.28. The summed E-state index contributed by atoms with van der Waals surface area (Å²) < 4.78 is 5.51. The van der Waals surface area contributed by atoms with Crippen molar-refractivity contribution in [2.24, 2.45) is 16.3 Å². The van der Waals surface area contributed by atoms with Crippen molar-refractivity contribution >= 4 is 11.9 Å². The van der Waals surface area contributed by atoms with Gasteiger partial charge < -0.3 is 20.7 Å². The van der Waals surface area contributed by atoms with E-state index in [9.17, 15) is 4.79 Å². The first kappa shape index (κ1) is 20.7. The van der Waals surface area contributed by atoms with Gasteiger partial charge in [-0.05, 0) is 12.3 Å². The Morgan fingerprint density at radius 3 is 2.18 bits per heavy atom. The molecule has 0 saturated heterocycles. The molecule has 0 aromatic carbocycles. The van der Waals surface area contributed by atoms with Crippen molar-refractivity contribution in [3.05, 3.63) is 0 Å². The highest BCUT2D eigenvalue weighted by atomic mass is 16.5. The molecule has 6 nitrogen and oxygen atoms in total. The van der Waals surface area contributed by atoms with E-state index in [2.05, 4.69) is 41.7 Å². The quantitative estimate of drug-likeness (QED) is 0.359. The van der Waals surface area contributed by atoms with Crippen molar-refractivity contribution in [3.8, 4) is 0 Å². The fourth-order valence-electron chi connectivity index (χ4n) is 1.79. The summed E-state index contributed by atoms with van der Waals surface area (Å²) in [6, 6.07) is 0. The first-order chi connectivity index (χ1) is 10.2. The molecule has 0 radical (unpaired) electrons. The maximum atomic E-state index is 11.5. The Labute approximate surface area is 135 Å². The maximum Gasteiger partial charge on any atom is 0.222 e. The van der Waals surface area contributed by atoms with Crippen LogP contribution < -0.4 is 16.0 Å². The minimum atomic E-state index is 0.0103. The number of methoxy groups -OCH3 is 1. The van der Waals surface area contributed by atoms with Crippen LogP contribution in [0.25, 0.3) is 0 Å². The Bertz CT molecular complexity index is 349. The number of nitrogens with one attached hydrogen (secondary N) is 3. The number of nitrogens with zero attached hydrogens (tertiary/aromatic N) is 1. The molecule has 0 heterocycles. The monoisotopic (exact) mass is 314 g/mol. The van der Waals surface area contributed by atoms with Gasteiger partial charge in [0.1, 0.15) is 0 Å². The molecular formula is C16H34N4O2. The normalized spacial score (nSPS) is 13.9. The fourth-order valence-corrected chi connectivity index (χ4v) is 1.79. The first-order valence-corrected chi connectivity index (χ1v) is 8.05. The number of carbonyl (C=O) groups is 1. The van der Waals surface area contributed by atoms with Gasteiger partial charge in [0.25, 0.3) is 0 Å². The van der Waals surface area contributed by atoms with Gasteiger partial charge in [-0.3, -0.25) is 9.79 Å². The standard InChI is InChI=1S/C16H34N4O2/c1-8-17-15(19-10-9-18-14(21)12(2)3)20-11-13(22-7)16(4,5)6/h12-13H,8-11H2,1-7H3,(H,18,21)(H2,17,19,20). The second kappa shape index (κ2) is 10.4.